The van der Waals surface area contributed by atoms with Gasteiger partial charge in [0.25, 0.3) is 0 Å². The summed E-state index contributed by atoms with van der Waals surface area (Å²) < 4.78 is 24.9. The minimum Gasteiger partial charge on any atom is -0.465 e. The molecule has 0 bridgehead atoms. The van der Waals surface area contributed by atoms with Crippen LogP contribution in [0.3, 0.4) is 0 Å². The van der Waals surface area contributed by atoms with Gasteiger partial charge in [-0.3, -0.25) is 4.90 Å². The number of hydrogen-bond donors (Lipinski definition) is 2. The summed E-state index contributed by atoms with van der Waals surface area (Å²) >= 11 is 0. The molecule has 2 N–H and O–H groups in total. The van der Waals surface area contributed by atoms with Crippen molar-refractivity contribution in [3.8, 4) is 0 Å². The van der Waals surface area contributed by atoms with Crippen molar-refractivity contribution in [3.63, 3.8) is 0 Å². The lowest BCUT2D eigenvalue weighted by Crippen LogP contribution is -2.46. The number of furan rings is 1. The lowest BCUT2D eigenvalue weighted by Gasteiger charge is -2.33. The molecule has 1 aromatic heterocycles. The summed E-state index contributed by atoms with van der Waals surface area (Å²) in [6.45, 7) is 10.9. The topological polar surface area (TPSA) is 62.0 Å². The average Bonchev–Trinajstić information content (AvgIpc) is 3.15. The molecular formula is C22H31FN4O2. The number of aliphatic imine (C=N–C) groups is 1. The van der Waals surface area contributed by atoms with Crippen molar-refractivity contribution in [2.75, 3.05) is 39.4 Å². The number of guanidine groups is 1. The van der Waals surface area contributed by atoms with Crippen LogP contribution in [-0.4, -0.2) is 50.3 Å². The lowest BCUT2D eigenvalue weighted by molar-refractivity contribution is 0.0124. The molecule has 1 aliphatic heterocycles. The van der Waals surface area contributed by atoms with Gasteiger partial charge in [-0.2, -0.15) is 0 Å². The molecule has 0 amide bonds. The number of ether oxygens (including phenoxy) is 1. The van der Waals surface area contributed by atoms with Crippen LogP contribution >= 0.6 is 0 Å². The van der Waals surface area contributed by atoms with Gasteiger partial charge in [-0.1, -0.05) is 12.1 Å². The number of morpholine rings is 1. The van der Waals surface area contributed by atoms with E-state index in [1.54, 1.807) is 13.0 Å². The van der Waals surface area contributed by atoms with Crippen molar-refractivity contribution in [3.05, 3.63) is 58.8 Å². The predicted molar refractivity (Wildman–Crippen MR) is 113 cm³/mol. The summed E-state index contributed by atoms with van der Waals surface area (Å²) in [5.74, 6) is 2.40. The number of benzene rings is 1. The minimum atomic E-state index is -0.190. The highest BCUT2D eigenvalue weighted by molar-refractivity contribution is 5.79. The maximum absolute atomic E-state index is 13.5. The molecule has 0 radical (unpaired) electrons. The number of halogens is 1. The molecule has 1 aromatic carbocycles. The van der Waals surface area contributed by atoms with Crippen LogP contribution in [0.4, 0.5) is 4.39 Å². The normalized spacial score (nSPS) is 16.6. The second-order valence-electron chi connectivity index (χ2n) is 7.27. The summed E-state index contributed by atoms with van der Waals surface area (Å²) in [7, 11) is 0. The second-order valence-corrected chi connectivity index (χ2v) is 7.27. The molecule has 1 saturated heterocycles. The molecule has 0 spiro atoms. The monoisotopic (exact) mass is 402 g/mol. The van der Waals surface area contributed by atoms with E-state index in [1.807, 2.05) is 32.0 Å². The molecule has 2 heterocycles. The molecular weight excluding hydrogens is 371 g/mol. The van der Waals surface area contributed by atoms with Gasteiger partial charge in [0.1, 0.15) is 17.3 Å². The lowest BCUT2D eigenvalue weighted by atomic mass is 10.1. The fourth-order valence-electron chi connectivity index (χ4n) is 3.44. The highest BCUT2D eigenvalue weighted by atomic mass is 19.1. The van der Waals surface area contributed by atoms with E-state index in [2.05, 4.69) is 20.5 Å². The Labute approximate surface area is 172 Å². The highest BCUT2D eigenvalue weighted by Crippen LogP contribution is 2.23. The Kier molecular flexibility index (Phi) is 7.66. The molecule has 0 saturated carbocycles. The van der Waals surface area contributed by atoms with Gasteiger partial charge >= 0.3 is 0 Å². The smallest absolute Gasteiger partial charge is 0.191 e. The first-order valence-electron chi connectivity index (χ1n) is 10.2. The van der Waals surface area contributed by atoms with E-state index < -0.39 is 0 Å². The maximum atomic E-state index is 13.5. The largest absolute Gasteiger partial charge is 0.465 e. The van der Waals surface area contributed by atoms with Crippen LogP contribution in [0.5, 0.6) is 0 Å². The molecule has 1 fully saturated rings. The van der Waals surface area contributed by atoms with Gasteiger partial charge in [0.2, 0.25) is 0 Å². The van der Waals surface area contributed by atoms with E-state index in [9.17, 15) is 4.39 Å². The molecule has 1 atom stereocenters. The van der Waals surface area contributed by atoms with Gasteiger partial charge < -0.3 is 19.8 Å². The zero-order valence-electron chi connectivity index (χ0n) is 17.5. The molecule has 0 aliphatic carbocycles. The number of aryl methyl sites for hydroxylation is 2. The van der Waals surface area contributed by atoms with Crippen molar-refractivity contribution in [1.29, 1.82) is 0 Å². The van der Waals surface area contributed by atoms with Gasteiger partial charge in [-0.25, -0.2) is 9.38 Å². The van der Waals surface area contributed by atoms with Crippen LogP contribution < -0.4 is 10.6 Å². The predicted octanol–water partition coefficient (Wildman–Crippen LogP) is 3.16. The Morgan fingerprint density at radius 2 is 1.97 bits per heavy atom. The summed E-state index contributed by atoms with van der Waals surface area (Å²) in [5, 5.41) is 6.73. The quantitative estimate of drug-likeness (QED) is 0.550. The molecule has 3 rings (SSSR count). The fraction of sp³-hybridized carbons (Fsp3) is 0.500. The van der Waals surface area contributed by atoms with Crippen molar-refractivity contribution >= 4 is 5.96 Å². The van der Waals surface area contributed by atoms with Crippen LogP contribution in [0.25, 0.3) is 0 Å². The van der Waals surface area contributed by atoms with Crippen molar-refractivity contribution < 1.29 is 13.5 Å². The van der Waals surface area contributed by atoms with E-state index in [0.717, 1.165) is 55.9 Å². The van der Waals surface area contributed by atoms with Crippen LogP contribution in [0.1, 0.15) is 35.6 Å². The van der Waals surface area contributed by atoms with Crippen molar-refractivity contribution in [2.24, 2.45) is 4.99 Å². The summed E-state index contributed by atoms with van der Waals surface area (Å²) in [4.78, 5) is 7.05. The van der Waals surface area contributed by atoms with Crippen LogP contribution in [0, 0.1) is 19.7 Å². The third-order valence-electron chi connectivity index (χ3n) is 5.03. The van der Waals surface area contributed by atoms with E-state index >= 15 is 0 Å². The van der Waals surface area contributed by atoms with Crippen molar-refractivity contribution in [2.45, 2.75) is 33.4 Å². The first-order chi connectivity index (χ1) is 14.1. The first-order valence-corrected chi connectivity index (χ1v) is 10.2. The molecule has 1 unspecified atom stereocenters. The number of hydrogen-bond acceptors (Lipinski definition) is 4. The molecule has 6 nitrogen and oxygen atoms in total. The van der Waals surface area contributed by atoms with E-state index in [-0.39, 0.29) is 11.9 Å². The number of rotatable bonds is 7. The van der Waals surface area contributed by atoms with Gasteiger partial charge in [0.15, 0.2) is 5.96 Å². The Morgan fingerprint density at radius 1 is 1.17 bits per heavy atom. The molecule has 29 heavy (non-hydrogen) atoms. The van der Waals surface area contributed by atoms with Gasteiger partial charge in [0, 0.05) is 26.2 Å². The summed E-state index contributed by atoms with van der Waals surface area (Å²) in [6.07, 6.45) is 0. The zero-order chi connectivity index (χ0) is 20.6. The van der Waals surface area contributed by atoms with Crippen LogP contribution in [-0.2, 0) is 11.3 Å². The number of nitrogens with one attached hydrogen (secondary N) is 2. The van der Waals surface area contributed by atoms with E-state index in [4.69, 9.17) is 9.15 Å². The van der Waals surface area contributed by atoms with Crippen molar-refractivity contribution in [1.82, 2.24) is 15.5 Å². The first kappa shape index (κ1) is 21.3. The van der Waals surface area contributed by atoms with Gasteiger partial charge in [0.05, 0.1) is 25.8 Å². The fourth-order valence-corrected chi connectivity index (χ4v) is 3.44. The molecule has 2 aromatic rings. The Morgan fingerprint density at radius 3 is 2.62 bits per heavy atom. The average molecular weight is 403 g/mol. The Bertz CT molecular complexity index is 815. The molecule has 7 heteroatoms. The standard InChI is InChI=1S/C22H31FN4O2/c1-4-24-22(25-14-18-6-7-19(23)16(2)13-18)26-15-20(21-8-5-17(3)29-21)27-9-11-28-12-10-27/h5-8,13,20H,4,9-12,14-15H2,1-3H3,(H2,24,25,26). The molecule has 1 aliphatic rings. The Hall–Kier alpha value is -2.38. The minimum absolute atomic E-state index is 0.101. The SMILES string of the molecule is CCNC(=NCc1ccc(F)c(C)c1)NCC(c1ccc(C)o1)N1CCOCC1. The van der Waals surface area contributed by atoms with E-state index in [1.165, 1.54) is 6.07 Å². The zero-order valence-corrected chi connectivity index (χ0v) is 17.5. The second kappa shape index (κ2) is 10.4. The van der Waals surface area contributed by atoms with Crippen LogP contribution in [0.2, 0.25) is 0 Å². The third-order valence-corrected chi connectivity index (χ3v) is 5.03. The third kappa shape index (κ3) is 6.05. The number of nitrogens with zero attached hydrogens (tertiary/aromatic N) is 2. The maximum Gasteiger partial charge on any atom is 0.191 e. The summed E-state index contributed by atoms with van der Waals surface area (Å²) in [5.41, 5.74) is 1.61. The van der Waals surface area contributed by atoms with E-state index in [0.29, 0.717) is 18.7 Å². The highest BCUT2D eigenvalue weighted by Gasteiger charge is 2.25. The molecule has 158 valence electrons. The Balaban J connectivity index is 1.69. The van der Waals surface area contributed by atoms with Crippen LogP contribution in [0.15, 0.2) is 39.7 Å². The van der Waals surface area contributed by atoms with Gasteiger partial charge in [-0.05, 0) is 50.1 Å². The summed E-state index contributed by atoms with van der Waals surface area (Å²) in [6, 6.07) is 9.25. The van der Waals surface area contributed by atoms with Gasteiger partial charge in [-0.15, -0.1) is 0 Å².